The number of carbonyl (C=O) groups excluding carboxylic acids is 2. The van der Waals surface area contributed by atoms with Gasteiger partial charge < -0.3 is 5.32 Å². The van der Waals surface area contributed by atoms with Crippen molar-refractivity contribution in [2.75, 3.05) is 5.75 Å². The van der Waals surface area contributed by atoms with Gasteiger partial charge in [0.2, 0.25) is 5.91 Å². The monoisotopic (exact) mass is 375 g/mol. The number of amides is 3. The molecular formula is C18H21N3O2S2. The summed E-state index contributed by atoms with van der Waals surface area (Å²) in [4.78, 5) is 28.3. The van der Waals surface area contributed by atoms with E-state index in [4.69, 9.17) is 0 Å². The highest BCUT2D eigenvalue weighted by Crippen LogP contribution is 2.27. The van der Waals surface area contributed by atoms with E-state index in [1.165, 1.54) is 29.5 Å². The first-order valence-electron chi connectivity index (χ1n) is 8.45. The van der Waals surface area contributed by atoms with Crippen molar-refractivity contribution in [1.82, 2.24) is 15.6 Å². The van der Waals surface area contributed by atoms with Gasteiger partial charge in [-0.2, -0.15) is 0 Å². The second-order valence-electron chi connectivity index (χ2n) is 6.01. The average molecular weight is 376 g/mol. The summed E-state index contributed by atoms with van der Waals surface area (Å²) < 4.78 is 0.821. The third kappa shape index (κ3) is 5.57. The lowest BCUT2D eigenvalue weighted by Gasteiger charge is -2.22. The predicted octanol–water partition coefficient (Wildman–Crippen LogP) is 4.06. The van der Waals surface area contributed by atoms with Crippen LogP contribution in [0.2, 0.25) is 0 Å². The van der Waals surface area contributed by atoms with Gasteiger partial charge in [-0.15, -0.1) is 11.3 Å². The highest BCUT2D eigenvalue weighted by molar-refractivity contribution is 8.01. The van der Waals surface area contributed by atoms with Crippen LogP contribution >= 0.6 is 23.1 Å². The number of aromatic nitrogens is 1. The number of hydrogen-bond acceptors (Lipinski definition) is 5. The smallest absolute Gasteiger partial charge is 0.321 e. The van der Waals surface area contributed by atoms with E-state index in [0.29, 0.717) is 0 Å². The Labute approximate surface area is 155 Å². The predicted molar refractivity (Wildman–Crippen MR) is 102 cm³/mol. The summed E-state index contributed by atoms with van der Waals surface area (Å²) in [6, 6.07) is 9.73. The van der Waals surface area contributed by atoms with E-state index in [0.717, 1.165) is 41.3 Å². The summed E-state index contributed by atoms with van der Waals surface area (Å²) in [6.45, 7) is 0. The van der Waals surface area contributed by atoms with E-state index in [9.17, 15) is 9.59 Å². The molecular weight excluding hydrogens is 354 g/mol. The number of carbonyl (C=O) groups is 2. The topological polar surface area (TPSA) is 71.1 Å². The number of benzene rings is 1. The quantitative estimate of drug-likeness (QED) is 0.773. The van der Waals surface area contributed by atoms with Crippen LogP contribution in [-0.2, 0) is 4.79 Å². The summed E-state index contributed by atoms with van der Waals surface area (Å²) in [6.07, 6.45) is 5.51. The molecule has 0 spiro atoms. The number of nitrogens with zero attached hydrogens (tertiary/aromatic N) is 1. The molecule has 25 heavy (non-hydrogen) atoms. The van der Waals surface area contributed by atoms with Crippen LogP contribution in [0.25, 0.3) is 11.3 Å². The maximum atomic E-state index is 11.9. The number of thiazole rings is 1. The summed E-state index contributed by atoms with van der Waals surface area (Å²) in [7, 11) is 0. The highest BCUT2D eigenvalue weighted by Gasteiger charge is 2.17. The lowest BCUT2D eigenvalue weighted by Crippen LogP contribution is -2.45. The van der Waals surface area contributed by atoms with Gasteiger partial charge in [-0.3, -0.25) is 10.1 Å². The zero-order valence-electron chi connectivity index (χ0n) is 13.9. The van der Waals surface area contributed by atoms with Crippen molar-refractivity contribution in [1.29, 1.82) is 0 Å². The average Bonchev–Trinajstić information content (AvgIpc) is 3.10. The summed E-state index contributed by atoms with van der Waals surface area (Å²) in [5.41, 5.74) is 1.96. The normalized spacial score (nSPS) is 14.9. The van der Waals surface area contributed by atoms with Crippen LogP contribution in [0.15, 0.2) is 40.1 Å². The van der Waals surface area contributed by atoms with Gasteiger partial charge in [-0.1, -0.05) is 61.4 Å². The third-order valence-electron chi connectivity index (χ3n) is 4.07. The van der Waals surface area contributed by atoms with Crippen molar-refractivity contribution >= 4 is 35.0 Å². The Hall–Kier alpha value is -1.86. The maximum Gasteiger partial charge on any atom is 0.321 e. The standard InChI is InChI=1S/C18H21N3O2S2/c22-16(21-17(23)19-14-9-5-2-6-10-14)12-25-18-20-15(11-24-18)13-7-3-1-4-8-13/h1,3-4,7-8,11,14H,2,5-6,9-10,12H2,(H2,19,21,22,23). The summed E-state index contributed by atoms with van der Waals surface area (Å²) in [5, 5.41) is 7.26. The van der Waals surface area contributed by atoms with E-state index in [1.54, 1.807) is 0 Å². The molecule has 1 aliphatic carbocycles. The Morgan fingerprint density at radius 3 is 2.68 bits per heavy atom. The van der Waals surface area contributed by atoms with E-state index in [-0.39, 0.29) is 23.7 Å². The van der Waals surface area contributed by atoms with Crippen LogP contribution in [0, 0.1) is 0 Å². The molecule has 1 heterocycles. The minimum atomic E-state index is -0.387. The van der Waals surface area contributed by atoms with Crippen molar-refractivity contribution in [2.45, 2.75) is 42.5 Å². The summed E-state index contributed by atoms with van der Waals surface area (Å²) in [5.74, 6) is -0.116. The molecule has 0 unspecified atom stereocenters. The van der Waals surface area contributed by atoms with Crippen molar-refractivity contribution in [2.24, 2.45) is 0 Å². The SMILES string of the molecule is O=C(CSc1nc(-c2ccccc2)cs1)NC(=O)NC1CCCCC1. The van der Waals surface area contributed by atoms with E-state index < -0.39 is 0 Å². The first-order valence-corrected chi connectivity index (χ1v) is 10.3. The molecule has 2 aromatic rings. The first kappa shape index (κ1) is 17.9. The number of thioether (sulfide) groups is 1. The van der Waals surface area contributed by atoms with Gasteiger partial charge in [0, 0.05) is 17.0 Å². The minimum absolute atomic E-state index is 0.180. The molecule has 0 atom stereocenters. The Morgan fingerprint density at radius 1 is 1.16 bits per heavy atom. The molecule has 132 valence electrons. The Morgan fingerprint density at radius 2 is 1.92 bits per heavy atom. The Balaban J connectivity index is 1.43. The maximum absolute atomic E-state index is 11.9. The molecule has 1 aromatic heterocycles. The van der Waals surface area contributed by atoms with Crippen molar-refractivity contribution < 1.29 is 9.59 Å². The van der Waals surface area contributed by atoms with Gasteiger partial charge in [0.15, 0.2) is 4.34 Å². The third-order valence-corrected chi connectivity index (χ3v) is 6.09. The van der Waals surface area contributed by atoms with Gasteiger partial charge in [-0.25, -0.2) is 9.78 Å². The van der Waals surface area contributed by atoms with E-state index in [1.807, 2.05) is 35.7 Å². The largest absolute Gasteiger partial charge is 0.335 e. The van der Waals surface area contributed by atoms with Gasteiger partial charge in [0.25, 0.3) is 0 Å². The minimum Gasteiger partial charge on any atom is -0.335 e. The number of hydrogen-bond donors (Lipinski definition) is 2. The van der Waals surface area contributed by atoms with Gasteiger partial charge in [-0.05, 0) is 12.8 Å². The van der Waals surface area contributed by atoms with Crippen molar-refractivity contribution in [3.8, 4) is 11.3 Å². The van der Waals surface area contributed by atoms with Crippen molar-refractivity contribution in [3.05, 3.63) is 35.7 Å². The number of urea groups is 1. The zero-order chi connectivity index (χ0) is 17.5. The van der Waals surface area contributed by atoms with Crippen LogP contribution in [0.5, 0.6) is 0 Å². The fourth-order valence-electron chi connectivity index (χ4n) is 2.82. The van der Waals surface area contributed by atoms with Crippen LogP contribution in [-0.4, -0.2) is 28.7 Å². The molecule has 1 aromatic carbocycles. The first-order chi connectivity index (χ1) is 12.2. The van der Waals surface area contributed by atoms with Gasteiger partial charge in [0.1, 0.15) is 0 Å². The van der Waals surface area contributed by atoms with Gasteiger partial charge >= 0.3 is 6.03 Å². The fourth-order valence-corrected chi connectivity index (χ4v) is 4.46. The molecule has 1 aliphatic rings. The molecule has 3 rings (SSSR count). The summed E-state index contributed by atoms with van der Waals surface area (Å²) >= 11 is 2.85. The van der Waals surface area contributed by atoms with Crippen LogP contribution < -0.4 is 10.6 Å². The van der Waals surface area contributed by atoms with E-state index in [2.05, 4.69) is 15.6 Å². The lowest BCUT2D eigenvalue weighted by atomic mass is 9.96. The molecule has 1 fully saturated rings. The molecule has 0 bridgehead atoms. The number of imide groups is 1. The Kier molecular flexibility index (Phi) is 6.47. The zero-order valence-corrected chi connectivity index (χ0v) is 15.5. The van der Waals surface area contributed by atoms with Crippen molar-refractivity contribution in [3.63, 3.8) is 0 Å². The molecule has 0 saturated heterocycles. The molecule has 0 radical (unpaired) electrons. The fraction of sp³-hybridized carbons (Fsp3) is 0.389. The Bertz CT molecular complexity index is 712. The molecule has 0 aliphatic heterocycles. The molecule has 1 saturated carbocycles. The molecule has 5 nitrogen and oxygen atoms in total. The second-order valence-corrected chi connectivity index (χ2v) is 8.09. The molecule has 7 heteroatoms. The van der Waals surface area contributed by atoms with Crippen LogP contribution in [0.1, 0.15) is 32.1 Å². The molecule has 3 amide bonds. The van der Waals surface area contributed by atoms with E-state index >= 15 is 0 Å². The highest BCUT2D eigenvalue weighted by atomic mass is 32.2. The van der Waals surface area contributed by atoms with Gasteiger partial charge in [0.05, 0.1) is 11.4 Å². The molecule has 2 N–H and O–H groups in total. The van der Waals surface area contributed by atoms with Crippen LogP contribution in [0.4, 0.5) is 4.79 Å². The second kappa shape index (κ2) is 9.01. The lowest BCUT2D eigenvalue weighted by molar-refractivity contribution is -0.117. The van der Waals surface area contributed by atoms with Crippen LogP contribution in [0.3, 0.4) is 0 Å². The number of nitrogens with one attached hydrogen (secondary N) is 2. The number of rotatable bonds is 5.